The van der Waals surface area contributed by atoms with Crippen molar-refractivity contribution in [2.75, 3.05) is 0 Å². The van der Waals surface area contributed by atoms with Crippen molar-refractivity contribution in [2.24, 2.45) is 0 Å². The highest BCUT2D eigenvalue weighted by Crippen LogP contribution is 2.20. The van der Waals surface area contributed by atoms with Crippen LogP contribution in [0.4, 0.5) is 0 Å². The molecule has 2 aromatic carbocycles. The average molecular weight is 267 g/mol. The van der Waals surface area contributed by atoms with Gasteiger partial charge in [0.2, 0.25) is 0 Å². The maximum absolute atomic E-state index is 9.00. The molecule has 102 valence electrons. The summed E-state index contributed by atoms with van der Waals surface area (Å²) in [6.45, 7) is 1.67. The smallest absolute Gasteiger partial charge is 0.134 e. The lowest BCUT2D eigenvalue weighted by Crippen LogP contribution is -2.12. The third-order valence-corrected chi connectivity index (χ3v) is 3.41. The van der Waals surface area contributed by atoms with E-state index < -0.39 is 0 Å². The van der Waals surface area contributed by atoms with E-state index in [0.29, 0.717) is 0 Å². The lowest BCUT2D eigenvalue weighted by atomic mass is 10.1. The van der Waals surface area contributed by atoms with Crippen LogP contribution in [-0.2, 0) is 19.7 Å². The topological polar surface area (TPSA) is 45.4 Å². The van der Waals surface area contributed by atoms with Gasteiger partial charge in [0, 0.05) is 24.0 Å². The molecule has 0 aliphatic heterocycles. The molecule has 1 heterocycles. The summed E-state index contributed by atoms with van der Waals surface area (Å²) in [4.78, 5) is 0. The minimum Gasteiger partial charge on any atom is -0.464 e. The average Bonchev–Trinajstić information content (AvgIpc) is 2.92. The molecule has 0 aliphatic carbocycles. The maximum atomic E-state index is 9.00. The molecule has 0 fully saturated rings. The van der Waals surface area contributed by atoms with Gasteiger partial charge >= 0.3 is 0 Å². The molecule has 0 atom stereocenters. The van der Waals surface area contributed by atoms with Crippen molar-refractivity contribution in [3.8, 4) is 0 Å². The number of fused-ring (bicyclic) bond motifs is 1. The second-order valence-electron chi connectivity index (χ2n) is 4.84. The molecule has 3 aromatic rings. The van der Waals surface area contributed by atoms with Crippen LogP contribution in [0.3, 0.4) is 0 Å². The number of nitrogens with one attached hydrogen (secondary N) is 1. The first-order valence-electron chi connectivity index (χ1n) is 6.71. The predicted octanol–water partition coefficient (Wildman–Crippen LogP) is 3.21. The van der Waals surface area contributed by atoms with E-state index in [1.54, 1.807) is 0 Å². The van der Waals surface area contributed by atoms with Crippen LogP contribution >= 0.6 is 0 Å². The summed E-state index contributed by atoms with van der Waals surface area (Å²) in [7, 11) is 0. The molecule has 2 N–H and O–H groups in total. The van der Waals surface area contributed by atoms with E-state index in [1.165, 1.54) is 11.1 Å². The van der Waals surface area contributed by atoms with Crippen molar-refractivity contribution in [3.63, 3.8) is 0 Å². The minimum atomic E-state index is 0.0920. The first-order valence-corrected chi connectivity index (χ1v) is 6.71. The zero-order valence-electron chi connectivity index (χ0n) is 11.2. The van der Waals surface area contributed by atoms with E-state index >= 15 is 0 Å². The van der Waals surface area contributed by atoms with Gasteiger partial charge in [0.1, 0.15) is 5.58 Å². The number of furan rings is 1. The second kappa shape index (κ2) is 5.90. The quantitative estimate of drug-likeness (QED) is 0.746. The van der Waals surface area contributed by atoms with Crippen molar-refractivity contribution in [1.29, 1.82) is 0 Å². The summed E-state index contributed by atoms with van der Waals surface area (Å²) in [6.07, 6.45) is 1.81. The van der Waals surface area contributed by atoms with Gasteiger partial charge in [-0.1, -0.05) is 42.5 Å². The molecule has 0 amide bonds. The number of aliphatic hydroxyl groups is 1. The molecular formula is C17H17NO2. The van der Waals surface area contributed by atoms with Crippen LogP contribution in [0.1, 0.15) is 16.7 Å². The Morgan fingerprint density at radius 1 is 0.900 bits per heavy atom. The van der Waals surface area contributed by atoms with E-state index in [-0.39, 0.29) is 6.61 Å². The van der Waals surface area contributed by atoms with E-state index in [1.807, 2.05) is 48.7 Å². The zero-order chi connectivity index (χ0) is 13.8. The van der Waals surface area contributed by atoms with E-state index in [4.69, 9.17) is 9.52 Å². The Kier molecular flexibility index (Phi) is 3.81. The van der Waals surface area contributed by atoms with Crippen LogP contribution in [0.5, 0.6) is 0 Å². The number of para-hydroxylation sites is 1. The fourth-order valence-electron chi connectivity index (χ4n) is 2.27. The molecule has 3 heteroatoms. The fraction of sp³-hybridized carbons (Fsp3) is 0.176. The van der Waals surface area contributed by atoms with Crippen molar-refractivity contribution < 1.29 is 9.52 Å². The summed E-state index contributed by atoms with van der Waals surface area (Å²) in [5.74, 6) is 0. The fourth-order valence-corrected chi connectivity index (χ4v) is 2.27. The summed E-state index contributed by atoms with van der Waals surface area (Å²) >= 11 is 0. The molecule has 20 heavy (non-hydrogen) atoms. The lowest BCUT2D eigenvalue weighted by molar-refractivity contribution is 0.282. The number of hydrogen-bond donors (Lipinski definition) is 2. The number of rotatable bonds is 5. The standard InChI is InChI=1S/C17H17NO2/c19-11-14-7-5-13(6-8-14)9-18-10-15-12-20-17-4-2-1-3-16(15)17/h1-8,12,18-19H,9-11H2. The van der Waals surface area contributed by atoms with Crippen LogP contribution in [0.15, 0.2) is 59.2 Å². The van der Waals surface area contributed by atoms with Crippen LogP contribution < -0.4 is 5.32 Å². The van der Waals surface area contributed by atoms with E-state index in [2.05, 4.69) is 11.4 Å². The Hall–Kier alpha value is -2.10. The summed E-state index contributed by atoms with van der Waals surface area (Å²) in [6, 6.07) is 16.0. The van der Waals surface area contributed by atoms with Crippen molar-refractivity contribution in [3.05, 3.63) is 71.5 Å². The van der Waals surface area contributed by atoms with Crippen LogP contribution in [-0.4, -0.2) is 5.11 Å². The highest BCUT2D eigenvalue weighted by molar-refractivity contribution is 5.80. The number of benzene rings is 2. The van der Waals surface area contributed by atoms with Gasteiger partial charge in [-0.05, 0) is 17.2 Å². The van der Waals surface area contributed by atoms with Crippen molar-refractivity contribution in [2.45, 2.75) is 19.7 Å². The molecule has 0 bridgehead atoms. The highest BCUT2D eigenvalue weighted by atomic mass is 16.3. The van der Waals surface area contributed by atoms with Gasteiger partial charge in [0.25, 0.3) is 0 Å². The summed E-state index contributed by atoms with van der Waals surface area (Å²) in [5.41, 5.74) is 4.24. The number of aliphatic hydroxyl groups excluding tert-OH is 1. The molecule has 0 aliphatic rings. The third kappa shape index (κ3) is 2.74. The Morgan fingerprint density at radius 3 is 2.45 bits per heavy atom. The van der Waals surface area contributed by atoms with E-state index in [9.17, 15) is 0 Å². The molecule has 3 rings (SSSR count). The Balaban J connectivity index is 1.62. The Labute approximate surface area is 117 Å². The first-order chi connectivity index (χ1) is 9.86. The first kappa shape index (κ1) is 12.9. The molecule has 3 nitrogen and oxygen atoms in total. The Morgan fingerprint density at radius 2 is 1.65 bits per heavy atom. The van der Waals surface area contributed by atoms with Crippen LogP contribution in [0, 0.1) is 0 Å². The molecule has 0 saturated heterocycles. The van der Waals surface area contributed by atoms with Gasteiger partial charge in [0.15, 0.2) is 0 Å². The number of hydrogen-bond acceptors (Lipinski definition) is 3. The van der Waals surface area contributed by atoms with Gasteiger partial charge < -0.3 is 14.8 Å². The minimum absolute atomic E-state index is 0.0920. The highest BCUT2D eigenvalue weighted by Gasteiger charge is 2.04. The molecule has 1 aromatic heterocycles. The molecule has 0 saturated carbocycles. The third-order valence-electron chi connectivity index (χ3n) is 3.41. The monoisotopic (exact) mass is 267 g/mol. The lowest BCUT2D eigenvalue weighted by Gasteiger charge is -2.04. The molecule has 0 spiro atoms. The molecule has 0 radical (unpaired) electrons. The molecule has 0 unspecified atom stereocenters. The van der Waals surface area contributed by atoms with Gasteiger partial charge in [-0.15, -0.1) is 0 Å². The van der Waals surface area contributed by atoms with Crippen LogP contribution in [0.2, 0.25) is 0 Å². The molecular weight excluding hydrogens is 250 g/mol. The normalized spacial score (nSPS) is 11.1. The maximum Gasteiger partial charge on any atom is 0.134 e. The Bertz CT molecular complexity index is 686. The van der Waals surface area contributed by atoms with Crippen molar-refractivity contribution >= 4 is 11.0 Å². The largest absolute Gasteiger partial charge is 0.464 e. The SMILES string of the molecule is OCc1ccc(CNCc2coc3ccccc23)cc1. The van der Waals surface area contributed by atoms with Gasteiger partial charge in [-0.3, -0.25) is 0 Å². The van der Waals surface area contributed by atoms with Gasteiger partial charge in [0.05, 0.1) is 12.9 Å². The van der Waals surface area contributed by atoms with E-state index in [0.717, 1.165) is 29.6 Å². The predicted molar refractivity (Wildman–Crippen MR) is 79.1 cm³/mol. The summed E-state index contributed by atoms with van der Waals surface area (Å²) < 4.78 is 5.51. The van der Waals surface area contributed by atoms with Crippen molar-refractivity contribution in [1.82, 2.24) is 5.32 Å². The van der Waals surface area contributed by atoms with Gasteiger partial charge in [-0.25, -0.2) is 0 Å². The zero-order valence-corrected chi connectivity index (χ0v) is 11.2. The van der Waals surface area contributed by atoms with Crippen LogP contribution in [0.25, 0.3) is 11.0 Å². The van der Waals surface area contributed by atoms with Gasteiger partial charge in [-0.2, -0.15) is 0 Å². The summed E-state index contributed by atoms with van der Waals surface area (Å²) in [5, 5.41) is 13.6. The second-order valence-corrected chi connectivity index (χ2v) is 4.84.